The highest BCUT2D eigenvalue weighted by Crippen LogP contribution is 2.29. The Morgan fingerprint density at radius 1 is 0.971 bits per heavy atom. The van der Waals surface area contributed by atoms with Crippen LogP contribution in [0.4, 0.5) is 0 Å². The van der Waals surface area contributed by atoms with E-state index >= 15 is 0 Å². The van der Waals surface area contributed by atoms with Gasteiger partial charge in [0.05, 0.1) is 23.4 Å². The van der Waals surface area contributed by atoms with E-state index in [1.807, 2.05) is 39.0 Å². The van der Waals surface area contributed by atoms with E-state index in [4.69, 9.17) is 25.8 Å². The van der Waals surface area contributed by atoms with Crippen molar-refractivity contribution in [1.82, 2.24) is 5.43 Å². The summed E-state index contributed by atoms with van der Waals surface area (Å²) in [6, 6.07) is 17.3. The standard InChI is InChI=1S/C26H25ClN2O5/c1-4-32-23-14-19(12-13-22(23)34-26(31)20-10-5-6-11-21(20)27)15-28-29-24(30)16-33-25-17(2)8-7-9-18(25)3/h5-15H,4,16H2,1-3H3,(H,29,30). The zero-order valence-electron chi connectivity index (χ0n) is 19.1. The number of carbonyl (C=O) groups is 2. The lowest BCUT2D eigenvalue weighted by Crippen LogP contribution is -2.25. The maximum Gasteiger partial charge on any atom is 0.345 e. The van der Waals surface area contributed by atoms with Crippen molar-refractivity contribution in [3.8, 4) is 17.2 Å². The van der Waals surface area contributed by atoms with Gasteiger partial charge in [0.1, 0.15) is 5.75 Å². The molecule has 0 bridgehead atoms. The maximum absolute atomic E-state index is 12.5. The first-order valence-corrected chi connectivity index (χ1v) is 11.0. The Morgan fingerprint density at radius 2 is 1.71 bits per heavy atom. The third kappa shape index (κ3) is 6.59. The first-order chi connectivity index (χ1) is 16.4. The van der Waals surface area contributed by atoms with Gasteiger partial charge in [0, 0.05) is 0 Å². The van der Waals surface area contributed by atoms with Crippen LogP contribution in [0.1, 0.15) is 34.0 Å². The molecule has 0 fully saturated rings. The summed E-state index contributed by atoms with van der Waals surface area (Å²) in [5, 5.41) is 4.26. The molecule has 0 radical (unpaired) electrons. The lowest BCUT2D eigenvalue weighted by atomic mass is 10.1. The summed E-state index contributed by atoms with van der Waals surface area (Å²) >= 11 is 6.07. The molecule has 0 saturated heterocycles. The summed E-state index contributed by atoms with van der Waals surface area (Å²) in [4.78, 5) is 24.6. The van der Waals surface area contributed by atoms with Crippen molar-refractivity contribution in [2.24, 2.45) is 5.10 Å². The van der Waals surface area contributed by atoms with Crippen molar-refractivity contribution in [2.75, 3.05) is 13.2 Å². The molecule has 34 heavy (non-hydrogen) atoms. The van der Waals surface area contributed by atoms with Crippen molar-refractivity contribution in [2.45, 2.75) is 20.8 Å². The summed E-state index contributed by atoms with van der Waals surface area (Å²) in [5.41, 5.74) is 5.23. The number of amides is 1. The lowest BCUT2D eigenvalue weighted by Gasteiger charge is -2.12. The van der Waals surface area contributed by atoms with Gasteiger partial charge in [0.2, 0.25) is 0 Å². The van der Waals surface area contributed by atoms with E-state index < -0.39 is 11.9 Å². The molecular formula is C26H25ClN2O5. The average Bonchev–Trinajstić information content (AvgIpc) is 2.81. The first kappa shape index (κ1) is 24.8. The van der Waals surface area contributed by atoms with E-state index in [1.165, 1.54) is 6.21 Å². The largest absolute Gasteiger partial charge is 0.490 e. The molecule has 0 spiro atoms. The van der Waals surface area contributed by atoms with Gasteiger partial charge in [-0.05, 0) is 67.8 Å². The molecular weight excluding hydrogens is 456 g/mol. The molecule has 1 amide bonds. The fourth-order valence-electron chi connectivity index (χ4n) is 3.11. The number of aryl methyl sites for hydroxylation is 2. The van der Waals surface area contributed by atoms with Crippen molar-refractivity contribution < 1.29 is 23.8 Å². The molecule has 0 aromatic heterocycles. The van der Waals surface area contributed by atoms with Crippen LogP contribution in [0.25, 0.3) is 0 Å². The number of esters is 1. The Kier molecular flexibility index (Phi) is 8.65. The van der Waals surface area contributed by atoms with E-state index in [0.717, 1.165) is 11.1 Å². The number of carbonyl (C=O) groups excluding carboxylic acids is 2. The number of halogens is 1. The minimum absolute atomic E-state index is 0.163. The number of nitrogens with one attached hydrogen (secondary N) is 1. The predicted molar refractivity (Wildman–Crippen MR) is 131 cm³/mol. The Balaban J connectivity index is 1.62. The van der Waals surface area contributed by atoms with Gasteiger partial charge >= 0.3 is 5.97 Å². The van der Waals surface area contributed by atoms with Crippen LogP contribution in [0.3, 0.4) is 0 Å². The number of para-hydroxylation sites is 1. The molecule has 8 heteroatoms. The Labute approximate surface area is 203 Å². The molecule has 0 aliphatic rings. The molecule has 176 valence electrons. The normalized spacial score (nSPS) is 10.7. The molecule has 0 unspecified atom stereocenters. The van der Waals surface area contributed by atoms with E-state index in [-0.39, 0.29) is 17.9 Å². The van der Waals surface area contributed by atoms with Gasteiger partial charge in [-0.15, -0.1) is 0 Å². The Bertz CT molecular complexity index is 1190. The fourth-order valence-corrected chi connectivity index (χ4v) is 3.33. The second kappa shape index (κ2) is 11.9. The van der Waals surface area contributed by atoms with Crippen LogP contribution in [-0.4, -0.2) is 31.3 Å². The van der Waals surface area contributed by atoms with Gasteiger partial charge in [-0.3, -0.25) is 4.79 Å². The minimum Gasteiger partial charge on any atom is -0.490 e. The summed E-state index contributed by atoms with van der Waals surface area (Å²) in [5.74, 6) is 0.301. The highest BCUT2D eigenvalue weighted by Gasteiger charge is 2.15. The zero-order valence-corrected chi connectivity index (χ0v) is 19.9. The van der Waals surface area contributed by atoms with Gasteiger partial charge in [-0.1, -0.05) is 41.9 Å². The molecule has 0 atom stereocenters. The van der Waals surface area contributed by atoms with Crippen LogP contribution < -0.4 is 19.6 Å². The monoisotopic (exact) mass is 480 g/mol. The fraction of sp³-hybridized carbons (Fsp3) is 0.192. The van der Waals surface area contributed by atoms with Crippen LogP contribution in [0.5, 0.6) is 17.2 Å². The van der Waals surface area contributed by atoms with Crippen LogP contribution in [0, 0.1) is 13.8 Å². The predicted octanol–water partition coefficient (Wildman–Crippen LogP) is 5.10. The van der Waals surface area contributed by atoms with Crippen LogP contribution in [-0.2, 0) is 4.79 Å². The number of hydrogen-bond donors (Lipinski definition) is 1. The highest BCUT2D eigenvalue weighted by atomic mass is 35.5. The van der Waals surface area contributed by atoms with Crippen molar-refractivity contribution in [3.05, 3.63) is 87.9 Å². The van der Waals surface area contributed by atoms with Gasteiger partial charge < -0.3 is 14.2 Å². The van der Waals surface area contributed by atoms with Crippen LogP contribution >= 0.6 is 11.6 Å². The Hall–Kier alpha value is -3.84. The van der Waals surface area contributed by atoms with Gasteiger partial charge in [0.25, 0.3) is 5.91 Å². The van der Waals surface area contributed by atoms with E-state index in [2.05, 4.69) is 10.5 Å². The van der Waals surface area contributed by atoms with Gasteiger partial charge in [-0.25, -0.2) is 10.2 Å². The first-order valence-electron chi connectivity index (χ1n) is 10.6. The van der Waals surface area contributed by atoms with E-state index in [9.17, 15) is 9.59 Å². The van der Waals surface area contributed by atoms with Crippen molar-refractivity contribution in [1.29, 1.82) is 0 Å². The van der Waals surface area contributed by atoms with Gasteiger partial charge in [0.15, 0.2) is 18.1 Å². The average molecular weight is 481 g/mol. The molecule has 3 aromatic carbocycles. The van der Waals surface area contributed by atoms with Gasteiger partial charge in [-0.2, -0.15) is 5.10 Å². The summed E-state index contributed by atoms with van der Waals surface area (Å²) < 4.78 is 16.7. The second-order valence-corrected chi connectivity index (χ2v) is 7.72. The van der Waals surface area contributed by atoms with Crippen LogP contribution in [0.2, 0.25) is 5.02 Å². The maximum atomic E-state index is 12.5. The van der Waals surface area contributed by atoms with Crippen molar-refractivity contribution in [3.63, 3.8) is 0 Å². The summed E-state index contributed by atoms with van der Waals surface area (Å²) in [7, 11) is 0. The molecule has 7 nitrogen and oxygen atoms in total. The smallest absolute Gasteiger partial charge is 0.345 e. The third-order valence-electron chi connectivity index (χ3n) is 4.72. The molecule has 3 rings (SSSR count). The SMILES string of the molecule is CCOc1cc(C=NNC(=O)COc2c(C)cccc2C)ccc1OC(=O)c1ccccc1Cl. The molecule has 3 aromatic rings. The second-order valence-electron chi connectivity index (χ2n) is 7.31. The van der Waals surface area contributed by atoms with Crippen LogP contribution in [0.15, 0.2) is 65.8 Å². The number of nitrogens with zero attached hydrogens (tertiary/aromatic N) is 1. The number of ether oxygens (including phenoxy) is 3. The molecule has 0 aliphatic heterocycles. The highest BCUT2D eigenvalue weighted by molar-refractivity contribution is 6.33. The van der Waals surface area contributed by atoms with E-state index in [0.29, 0.717) is 28.7 Å². The topological polar surface area (TPSA) is 86.2 Å². The van der Waals surface area contributed by atoms with E-state index in [1.54, 1.807) is 42.5 Å². The number of hydrogen-bond acceptors (Lipinski definition) is 6. The Morgan fingerprint density at radius 3 is 2.41 bits per heavy atom. The molecule has 0 saturated carbocycles. The third-order valence-corrected chi connectivity index (χ3v) is 5.05. The zero-order chi connectivity index (χ0) is 24.5. The number of hydrazone groups is 1. The number of rotatable bonds is 9. The van der Waals surface area contributed by atoms with Crippen molar-refractivity contribution >= 4 is 29.7 Å². The quantitative estimate of drug-likeness (QED) is 0.199. The molecule has 0 aliphatic carbocycles. The molecule has 1 N–H and O–H groups in total. The number of benzene rings is 3. The minimum atomic E-state index is -0.593. The summed E-state index contributed by atoms with van der Waals surface area (Å²) in [6.07, 6.45) is 1.46. The summed E-state index contributed by atoms with van der Waals surface area (Å²) in [6.45, 7) is 5.86. The molecule has 0 heterocycles. The lowest BCUT2D eigenvalue weighted by molar-refractivity contribution is -0.123.